The van der Waals surface area contributed by atoms with Crippen molar-refractivity contribution in [2.75, 3.05) is 16.8 Å². The molecule has 0 aliphatic carbocycles. The molecule has 1 saturated heterocycles. The number of carbonyl (C=O) groups excluding carboxylic acids is 4. The minimum Gasteiger partial charge on any atom is -0.481 e. The van der Waals surface area contributed by atoms with E-state index < -0.39 is 23.8 Å². The molecule has 0 bridgehead atoms. The highest BCUT2D eigenvalue weighted by atomic mass is 35.5. The number of ether oxygens (including phenoxy) is 1. The van der Waals surface area contributed by atoms with Gasteiger partial charge in [-0.2, -0.15) is 0 Å². The highest BCUT2D eigenvalue weighted by molar-refractivity contribution is 6.40. The van der Waals surface area contributed by atoms with Crippen molar-refractivity contribution in [2.24, 2.45) is 0 Å². The lowest BCUT2D eigenvalue weighted by Gasteiger charge is -2.26. The van der Waals surface area contributed by atoms with Gasteiger partial charge in [0.1, 0.15) is 5.57 Å². The third kappa shape index (κ3) is 5.83. The Labute approximate surface area is 233 Å². The van der Waals surface area contributed by atoms with Gasteiger partial charge in [0, 0.05) is 10.7 Å². The number of nitrogens with one attached hydrogen (secondary N) is 2. The minimum atomic E-state index is -0.904. The molecule has 2 N–H and O–H groups in total. The number of nitrogens with zero attached hydrogens (tertiary/aromatic N) is 1. The molecule has 0 saturated carbocycles. The van der Waals surface area contributed by atoms with E-state index in [2.05, 4.69) is 10.6 Å². The van der Waals surface area contributed by atoms with Crippen LogP contribution in [-0.4, -0.2) is 30.4 Å². The molecule has 1 heterocycles. The molecule has 3 aromatic carbocycles. The first-order valence-corrected chi connectivity index (χ1v) is 12.3. The molecular weight excluding hydrogens is 553 g/mol. The lowest BCUT2D eigenvalue weighted by molar-refractivity contribution is -0.122. The Morgan fingerprint density at radius 2 is 1.68 bits per heavy atom. The molecule has 0 spiro atoms. The number of hydrogen-bond donors (Lipinski definition) is 2. The summed E-state index contributed by atoms with van der Waals surface area (Å²) in [6, 6.07) is 13.6. The van der Waals surface area contributed by atoms with Gasteiger partial charge >= 0.3 is 6.03 Å². The summed E-state index contributed by atoms with van der Waals surface area (Å²) in [6.07, 6.45) is 1.25. The summed E-state index contributed by atoms with van der Waals surface area (Å²) in [6.45, 7) is 3.48. The fourth-order valence-electron chi connectivity index (χ4n) is 3.69. The Morgan fingerprint density at radius 1 is 1.00 bits per heavy atom. The molecule has 0 unspecified atom stereocenters. The molecular formula is C27H20Cl3N3O5. The lowest BCUT2D eigenvalue weighted by Crippen LogP contribution is -2.54. The normalized spacial score (nSPS) is 14.5. The molecule has 8 nitrogen and oxygen atoms in total. The Balaban J connectivity index is 1.53. The summed E-state index contributed by atoms with van der Waals surface area (Å²) in [5.41, 5.74) is 2.80. The number of carbonyl (C=O) groups is 4. The number of halogens is 3. The van der Waals surface area contributed by atoms with Gasteiger partial charge in [0.25, 0.3) is 17.7 Å². The Morgan fingerprint density at radius 3 is 2.37 bits per heavy atom. The monoisotopic (exact) mass is 571 g/mol. The molecule has 5 amide bonds. The van der Waals surface area contributed by atoms with Gasteiger partial charge < -0.3 is 10.1 Å². The van der Waals surface area contributed by atoms with Gasteiger partial charge in [0.05, 0.1) is 15.7 Å². The summed E-state index contributed by atoms with van der Waals surface area (Å²) < 4.78 is 5.55. The summed E-state index contributed by atoms with van der Waals surface area (Å²) in [5.74, 6) is -2.08. The second-order valence-corrected chi connectivity index (χ2v) is 9.59. The zero-order valence-electron chi connectivity index (χ0n) is 20.1. The third-order valence-electron chi connectivity index (χ3n) is 5.73. The zero-order valence-corrected chi connectivity index (χ0v) is 22.4. The number of urea groups is 1. The first-order valence-electron chi connectivity index (χ1n) is 11.2. The summed E-state index contributed by atoms with van der Waals surface area (Å²) in [4.78, 5) is 51.1. The third-order valence-corrected chi connectivity index (χ3v) is 6.52. The van der Waals surface area contributed by atoms with E-state index in [1.807, 2.05) is 26.0 Å². The highest BCUT2D eigenvalue weighted by Gasteiger charge is 2.37. The van der Waals surface area contributed by atoms with Crippen LogP contribution in [0, 0.1) is 13.8 Å². The number of aryl methyl sites for hydroxylation is 1. The van der Waals surface area contributed by atoms with E-state index in [0.717, 1.165) is 16.0 Å². The summed E-state index contributed by atoms with van der Waals surface area (Å²) in [7, 11) is 0. The van der Waals surface area contributed by atoms with Crippen LogP contribution < -0.4 is 20.3 Å². The van der Waals surface area contributed by atoms with Gasteiger partial charge in [0.2, 0.25) is 0 Å². The molecule has 3 aromatic rings. The number of benzene rings is 3. The van der Waals surface area contributed by atoms with Gasteiger partial charge in [-0.1, -0.05) is 53.0 Å². The van der Waals surface area contributed by atoms with Crippen molar-refractivity contribution in [1.29, 1.82) is 0 Å². The predicted octanol–water partition coefficient (Wildman–Crippen LogP) is 5.95. The van der Waals surface area contributed by atoms with Crippen molar-refractivity contribution in [3.05, 3.63) is 91.9 Å². The standard InChI is InChI=1S/C27H20Cl3N3O5/c1-14-5-3-8-22(15(14)2)31-23(34)13-38-24-20(29)10-16(11-21(24)30)9-19-25(35)32-27(37)33(26(19)36)18-7-4-6-17(28)12-18/h3-12H,13H2,1-2H3,(H,31,34)(H,32,35,37)/b19-9+. The molecule has 0 radical (unpaired) electrons. The van der Waals surface area contributed by atoms with Crippen LogP contribution in [0.25, 0.3) is 6.08 Å². The number of anilines is 2. The predicted molar refractivity (Wildman–Crippen MR) is 147 cm³/mol. The van der Waals surface area contributed by atoms with Crippen molar-refractivity contribution >= 4 is 76.0 Å². The summed E-state index contributed by atoms with van der Waals surface area (Å²) in [5, 5.41) is 5.32. The largest absolute Gasteiger partial charge is 0.481 e. The van der Waals surface area contributed by atoms with Gasteiger partial charge in [0.15, 0.2) is 12.4 Å². The Kier molecular flexibility index (Phi) is 8.06. The van der Waals surface area contributed by atoms with E-state index in [-0.39, 0.29) is 33.7 Å². The van der Waals surface area contributed by atoms with Crippen LogP contribution in [-0.2, 0) is 14.4 Å². The number of amides is 5. The van der Waals surface area contributed by atoms with E-state index in [1.54, 1.807) is 18.2 Å². The van der Waals surface area contributed by atoms with Crippen LogP contribution >= 0.6 is 34.8 Å². The van der Waals surface area contributed by atoms with Gasteiger partial charge in [-0.15, -0.1) is 0 Å². The molecule has 11 heteroatoms. The molecule has 1 aliphatic heterocycles. The fraction of sp³-hybridized carbons (Fsp3) is 0.111. The second kappa shape index (κ2) is 11.3. The van der Waals surface area contributed by atoms with E-state index in [4.69, 9.17) is 39.5 Å². The number of imide groups is 2. The molecule has 1 aliphatic rings. The van der Waals surface area contributed by atoms with Crippen LogP contribution in [0.2, 0.25) is 15.1 Å². The van der Waals surface area contributed by atoms with E-state index in [0.29, 0.717) is 16.3 Å². The maximum atomic E-state index is 13.1. The average Bonchev–Trinajstić information content (AvgIpc) is 2.84. The first kappa shape index (κ1) is 27.2. The molecule has 0 aromatic heterocycles. The highest BCUT2D eigenvalue weighted by Crippen LogP contribution is 2.35. The van der Waals surface area contributed by atoms with Crippen molar-refractivity contribution in [2.45, 2.75) is 13.8 Å². The average molecular weight is 573 g/mol. The Hall–Kier alpha value is -3.85. The number of hydrogen-bond acceptors (Lipinski definition) is 5. The lowest BCUT2D eigenvalue weighted by atomic mass is 10.1. The minimum absolute atomic E-state index is 0.0512. The molecule has 38 heavy (non-hydrogen) atoms. The molecule has 1 fully saturated rings. The maximum absolute atomic E-state index is 13.1. The van der Waals surface area contributed by atoms with Crippen LogP contribution in [0.15, 0.2) is 60.2 Å². The molecule has 4 rings (SSSR count). The van der Waals surface area contributed by atoms with Gasteiger partial charge in [-0.25, -0.2) is 9.69 Å². The maximum Gasteiger partial charge on any atom is 0.335 e. The van der Waals surface area contributed by atoms with Crippen molar-refractivity contribution in [1.82, 2.24) is 5.32 Å². The van der Waals surface area contributed by atoms with Gasteiger partial charge in [-0.05, 0) is 73.0 Å². The zero-order chi connectivity index (χ0) is 27.6. The van der Waals surface area contributed by atoms with Gasteiger partial charge in [-0.3, -0.25) is 19.7 Å². The number of barbiturate groups is 1. The van der Waals surface area contributed by atoms with Crippen molar-refractivity contribution in [3.8, 4) is 5.75 Å². The topological polar surface area (TPSA) is 105 Å². The van der Waals surface area contributed by atoms with Crippen LogP contribution in [0.3, 0.4) is 0 Å². The fourth-order valence-corrected chi connectivity index (χ4v) is 4.48. The Bertz CT molecular complexity index is 1500. The SMILES string of the molecule is Cc1cccc(NC(=O)COc2c(Cl)cc(/C=C3\C(=O)NC(=O)N(c4cccc(Cl)c4)C3=O)cc2Cl)c1C. The van der Waals surface area contributed by atoms with Crippen molar-refractivity contribution < 1.29 is 23.9 Å². The van der Waals surface area contributed by atoms with Crippen LogP contribution in [0.1, 0.15) is 16.7 Å². The van der Waals surface area contributed by atoms with E-state index in [1.165, 1.54) is 30.3 Å². The summed E-state index contributed by atoms with van der Waals surface area (Å²) >= 11 is 18.7. The van der Waals surface area contributed by atoms with E-state index in [9.17, 15) is 19.2 Å². The molecule has 194 valence electrons. The molecule has 0 atom stereocenters. The quantitative estimate of drug-likeness (QED) is 0.281. The second-order valence-electron chi connectivity index (χ2n) is 8.34. The van der Waals surface area contributed by atoms with Crippen molar-refractivity contribution in [3.63, 3.8) is 0 Å². The van der Waals surface area contributed by atoms with E-state index >= 15 is 0 Å². The number of rotatable bonds is 6. The first-order chi connectivity index (χ1) is 18.0. The van der Waals surface area contributed by atoms with Crippen LogP contribution in [0.5, 0.6) is 5.75 Å². The smallest absolute Gasteiger partial charge is 0.335 e. The van der Waals surface area contributed by atoms with Crippen LogP contribution in [0.4, 0.5) is 16.2 Å².